The van der Waals surface area contributed by atoms with E-state index in [1.165, 1.54) is 11.3 Å². The number of fused-ring (bicyclic) bond motifs is 1. The van der Waals surface area contributed by atoms with Crippen molar-refractivity contribution < 1.29 is 19.1 Å². The maximum absolute atomic E-state index is 12.9. The molecule has 0 aliphatic heterocycles. The number of hydrogen-bond acceptors (Lipinski definition) is 7. The molecule has 2 heterocycles. The van der Waals surface area contributed by atoms with E-state index >= 15 is 0 Å². The number of pyridine rings is 1. The topological polar surface area (TPSA) is 101 Å². The standard InChI is InChI=1S/C23H30N4O4S/c1-5-31-23(30)20-16-10-6-7-11-17(16)32-22(20)26-21(29)15(3)27(4)13-19(28)25-18-12-8-9-14(2)24-18/h8-9,12,15H,5-7,10-11,13H2,1-4H3,(H,26,29)(H,24,25,28). The Morgan fingerprint density at radius 1 is 1.22 bits per heavy atom. The molecule has 9 heteroatoms. The highest BCUT2D eigenvalue weighted by Crippen LogP contribution is 2.38. The van der Waals surface area contributed by atoms with Crippen LogP contribution in [-0.4, -0.2) is 53.9 Å². The fourth-order valence-electron chi connectivity index (χ4n) is 3.65. The fourth-order valence-corrected chi connectivity index (χ4v) is 4.93. The molecule has 1 atom stereocenters. The van der Waals surface area contributed by atoms with Crippen LogP contribution in [0.1, 0.15) is 53.2 Å². The summed E-state index contributed by atoms with van der Waals surface area (Å²) in [4.78, 5) is 45.0. The number of nitrogens with one attached hydrogen (secondary N) is 2. The van der Waals surface area contributed by atoms with Crippen molar-refractivity contribution in [2.75, 3.05) is 30.8 Å². The lowest BCUT2D eigenvalue weighted by atomic mass is 9.95. The number of carbonyl (C=O) groups excluding carboxylic acids is 3. The van der Waals surface area contributed by atoms with Gasteiger partial charge >= 0.3 is 5.97 Å². The van der Waals surface area contributed by atoms with E-state index in [1.807, 2.05) is 19.1 Å². The molecule has 0 fully saturated rings. The first-order valence-corrected chi connectivity index (χ1v) is 11.7. The Morgan fingerprint density at radius 2 is 1.97 bits per heavy atom. The Hall–Kier alpha value is -2.78. The fraction of sp³-hybridized carbons (Fsp3) is 0.478. The van der Waals surface area contributed by atoms with Crippen LogP contribution in [0.2, 0.25) is 0 Å². The monoisotopic (exact) mass is 458 g/mol. The number of esters is 1. The second kappa shape index (κ2) is 10.7. The number of thiophene rings is 1. The van der Waals surface area contributed by atoms with E-state index < -0.39 is 12.0 Å². The minimum atomic E-state index is -0.583. The van der Waals surface area contributed by atoms with Crippen molar-refractivity contribution >= 4 is 39.9 Å². The molecule has 0 bridgehead atoms. The summed E-state index contributed by atoms with van der Waals surface area (Å²) in [5, 5.41) is 6.19. The Balaban J connectivity index is 1.66. The SMILES string of the molecule is CCOC(=O)c1c(NC(=O)C(C)N(C)CC(=O)Nc2cccc(C)n2)sc2c1CCCC2. The van der Waals surface area contributed by atoms with Gasteiger partial charge in [0.1, 0.15) is 10.8 Å². The summed E-state index contributed by atoms with van der Waals surface area (Å²) in [6.45, 7) is 5.65. The van der Waals surface area contributed by atoms with Gasteiger partial charge in [0.15, 0.2) is 0 Å². The molecule has 1 unspecified atom stereocenters. The van der Waals surface area contributed by atoms with Gasteiger partial charge in [-0.15, -0.1) is 11.3 Å². The molecule has 2 amide bonds. The number of hydrogen-bond donors (Lipinski definition) is 2. The molecule has 0 aromatic carbocycles. The molecule has 0 radical (unpaired) electrons. The molecule has 8 nitrogen and oxygen atoms in total. The first-order valence-electron chi connectivity index (χ1n) is 10.9. The first-order chi connectivity index (χ1) is 15.3. The summed E-state index contributed by atoms with van der Waals surface area (Å²) in [6, 6.07) is 4.80. The first kappa shape index (κ1) is 23.9. The van der Waals surface area contributed by atoms with Crippen LogP contribution in [0, 0.1) is 6.92 Å². The predicted molar refractivity (Wildman–Crippen MR) is 125 cm³/mol. The molecule has 1 aliphatic carbocycles. The average Bonchev–Trinajstić information content (AvgIpc) is 3.11. The van der Waals surface area contributed by atoms with Crippen molar-refractivity contribution in [2.24, 2.45) is 0 Å². The minimum absolute atomic E-state index is 0.0237. The number of likely N-dealkylation sites (N-methyl/N-ethyl adjacent to an activating group) is 1. The van der Waals surface area contributed by atoms with Crippen LogP contribution in [0.15, 0.2) is 18.2 Å². The lowest BCUT2D eigenvalue weighted by Crippen LogP contribution is -2.43. The van der Waals surface area contributed by atoms with Gasteiger partial charge in [0.05, 0.1) is 24.8 Å². The quantitative estimate of drug-likeness (QED) is 0.588. The van der Waals surface area contributed by atoms with Crippen LogP contribution >= 0.6 is 11.3 Å². The van der Waals surface area contributed by atoms with Crippen molar-refractivity contribution in [3.63, 3.8) is 0 Å². The van der Waals surface area contributed by atoms with Gasteiger partial charge in [-0.25, -0.2) is 9.78 Å². The molecule has 2 N–H and O–H groups in total. The van der Waals surface area contributed by atoms with E-state index in [9.17, 15) is 14.4 Å². The van der Waals surface area contributed by atoms with Crippen LogP contribution in [-0.2, 0) is 27.2 Å². The third-order valence-corrected chi connectivity index (χ3v) is 6.68. The third kappa shape index (κ3) is 5.72. The molecule has 1 aliphatic rings. The van der Waals surface area contributed by atoms with Gasteiger partial charge in [-0.2, -0.15) is 0 Å². The van der Waals surface area contributed by atoms with Gasteiger partial charge in [0, 0.05) is 10.6 Å². The number of aryl methyl sites for hydroxylation is 2. The predicted octanol–water partition coefficient (Wildman–Crippen LogP) is 3.40. The summed E-state index contributed by atoms with van der Waals surface area (Å²) in [5.74, 6) is -0.459. The van der Waals surface area contributed by atoms with Gasteiger partial charge in [0.25, 0.3) is 0 Å². The molecule has 2 aromatic heterocycles. The van der Waals surface area contributed by atoms with E-state index in [-0.39, 0.29) is 25.0 Å². The van der Waals surface area contributed by atoms with Crippen LogP contribution in [0.4, 0.5) is 10.8 Å². The molecular weight excluding hydrogens is 428 g/mol. The van der Waals surface area contributed by atoms with Crippen molar-refractivity contribution in [2.45, 2.75) is 52.5 Å². The van der Waals surface area contributed by atoms with E-state index in [0.717, 1.165) is 41.8 Å². The molecule has 0 saturated carbocycles. The maximum atomic E-state index is 12.9. The van der Waals surface area contributed by atoms with E-state index in [1.54, 1.807) is 31.9 Å². The normalized spacial score (nSPS) is 13.9. The summed E-state index contributed by atoms with van der Waals surface area (Å²) in [5.41, 5.74) is 2.29. The van der Waals surface area contributed by atoms with Crippen LogP contribution in [0.25, 0.3) is 0 Å². The van der Waals surface area contributed by atoms with Crippen LogP contribution < -0.4 is 10.6 Å². The lowest BCUT2D eigenvalue weighted by molar-refractivity contribution is -0.122. The summed E-state index contributed by atoms with van der Waals surface area (Å²) < 4.78 is 5.25. The molecule has 3 rings (SSSR count). The second-order valence-electron chi connectivity index (χ2n) is 7.93. The smallest absolute Gasteiger partial charge is 0.341 e. The van der Waals surface area contributed by atoms with Crippen molar-refractivity contribution in [3.05, 3.63) is 39.9 Å². The number of nitrogens with zero attached hydrogens (tertiary/aromatic N) is 2. The van der Waals surface area contributed by atoms with Crippen LogP contribution in [0.5, 0.6) is 0 Å². The van der Waals surface area contributed by atoms with Gasteiger partial charge in [-0.05, 0) is 71.2 Å². The van der Waals surface area contributed by atoms with Gasteiger partial charge in [0.2, 0.25) is 11.8 Å². The van der Waals surface area contributed by atoms with Crippen molar-refractivity contribution in [1.82, 2.24) is 9.88 Å². The summed E-state index contributed by atoms with van der Waals surface area (Å²) in [6.07, 6.45) is 3.82. The molecule has 0 spiro atoms. The highest BCUT2D eigenvalue weighted by molar-refractivity contribution is 7.17. The number of carbonyl (C=O) groups is 3. The van der Waals surface area contributed by atoms with E-state index in [4.69, 9.17) is 4.74 Å². The summed E-state index contributed by atoms with van der Waals surface area (Å²) in [7, 11) is 1.71. The van der Waals surface area contributed by atoms with E-state index in [0.29, 0.717) is 16.4 Å². The Labute approximate surface area is 192 Å². The van der Waals surface area contributed by atoms with Gasteiger partial charge < -0.3 is 15.4 Å². The number of rotatable bonds is 8. The molecule has 0 saturated heterocycles. The Bertz CT molecular complexity index is 1000. The second-order valence-corrected chi connectivity index (χ2v) is 9.03. The van der Waals surface area contributed by atoms with Crippen molar-refractivity contribution in [3.8, 4) is 0 Å². The maximum Gasteiger partial charge on any atom is 0.341 e. The molecular formula is C23H30N4O4S. The van der Waals surface area contributed by atoms with Gasteiger partial charge in [-0.3, -0.25) is 14.5 Å². The van der Waals surface area contributed by atoms with Crippen LogP contribution in [0.3, 0.4) is 0 Å². The zero-order valence-corrected chi connectivity index (χ0v) is 19.8. The van der Waals surface area contributed by atoms with E-state index in [2.05, 4.69) is 15.6 Å². The Kier molecular flexibility index (Phi) is 7.98. The molecule has 32 heavy (non-hydrogen) atoms. The average molecular weight is 459 g/mol. The highest BCUT2D eigenvalue weighted by Gasteiger charge is 2.29. The largest absolute Gasteiger partial charge is 0.462 e. The Morgan fingerprint density at radius 3 is 2.69 bits per heavy atom. The number of aromatic nitrogens is 1. The highest BCUT2D eigenvalue weighted by atomic mass is 32.1. The minimum Gasteiger partial charge on any atom is -0.462 e. The number of amides is 2. The third-order valence-electron chi connectivity index (χ3n) is 5.48. The lowest BCUT2D eigenvalue weighted by Gasteiger charge is -2.23. The zero-order valence-electron chi connectivity index (χ0n) is 19.0. The molecule has 2 aromatic rings. The molecule has 172 valence electrons. The zero-order chi connectivity index (χ0) is 23.3. The number of ether oxygens (including phenoxy) is 1. The van der Waals surface area contributed by atoms with Gasteiger partial charge in [-0.1, -0.05) is 6.07 Å². The summed E-state index contributed by atoms with van der Waals surface area (Å²) >= 11 is 1.45. The van der Waals surface area contributed by atoms with Crippen molar-refractivity contribution in [1.29, 1.82) is 0 Å². The number of anilines is 2.